The molecule has 1 amide bonds. The zero-order valence-electron chi connectivity index (χ0n) is 11.8. The minimum absolute atomic E-state index is 0.0162. The Labute approximate surface area is 122 Å². The number of para-hydroxylation sites is 1. The highest BCUT2D eigenvalue weighted by atomic mass is 19.1. The molecule has 1 atom stereocenters. The minimum Gasteiger partial charge on any atom is -0.480 e. The maximum atomic E-state index is 13.5. The van der Waals surface area contributed by atoms with Crippen molar-refractivity contribution < 1.29 is 23.8 Å². The van der Waals surface area contributed by atoms with Crippen molar-refractivity contribution in [3.8, 4) is 5.75 Å². The average molecular weight is 295 g/mol. The number of carbonyl (C=O) groups excluding carboxylic acids is 1. The third-order valence-corrected chi connectivity index (χ3v) is 3.75. The quantitative estimate of drug-likeness (QED) is 0.842. The van der Waals surface area contributed by atoms with Gasteiger partial charge in [0.2, 0.25) is 0 Å². The van der Waals surface area contributed by atoms with Crippen LogP contribution in [-0.2, 0) is 9.59 Å². The molecule has 21 heavy (non-hydrogen) atoms. The number of hydrogen-bond donors (Lipinski definition) is 2. The van der Waals surface area contributed by atoms with Gasteiger partial charge >= 0.3 is 5.97 Å². The van der Waals surface area contributed by atoms with E-state index in [2.05, 4.69) is 5.32 Å². The fourth-order valence-electron chi connectivity index (χ4n) is 2.25. The maximum Gasteiger partial charge on any atom is 0.329 e. The number of aliphatic carboxylic acids is 1. The molecule has 1 fully saturated rings. The molecule has 1 saturated carbocycles. The summed E-state index contributed by atoms with van der Waals surface area (Å²) in [4.78, 5) is 23.4. The van der Waals surface area contributed by atoms with Crippen molar-refractivity contribution in [2.75, 3.05) is 0 Å². The Bertz CT molecular complexity index is 542. The van der Waals surface area contributed by atoms with Crippen LogP contribution in [0, 0.1) is 5.82 Å². The van der Waals surface area contributed by atoms with Gasteiger partial charge < -0.3 is 15.2 Å². The van der Waals surface area contributed by atoms with Crippen molar-refractivity contribution in [2.24, 2.45) is 0 Å². The second-order valence-corrected chi connectivity index (χ2v) is 5.18. The molecule has 0 aliphatic heterocycles. The van der Waals surface area contributed by atoms with Gasteiger partial charge in [-0.05, 0) is 37.8 Å². The number of carboxylic acids is 1. The largest absolute Gasteiger partial charge is 0.480 e. The normalized spacial score (nSPS) is 17.4. The predicted octanol–water partition coefficient (Wildman–Crippen LogP) is 2.11. The lowest BCUT2D eigenvalue weighted by atomic mass is 9.76. The van der Waals surface area contributed by atoms with Crippen molar-refractivity contribution in [3.05, 3.63) is 30.1 Å². The van der Waals surface area contributed by atoms with E-state index in [4.69, 9.17) is 4.74 Å². The highest BCUT2D eigenvalue weighted by Gasteiger charge is 2.46. The van der Waals surface area contributed by atoms with E-state index in [1.165, 1.54) is 18.2 Å². The fourth-order valence-corrected chi connectivity index (χ4v) is 2.25. The van der Waals surface area contributed by atoms with Crippen LogP contribution in [-0.4, -0.2) is 28.6 Å². The summed E-state index contributed by atoms with van der Waals surface area (Å²) in [6, 6.07) is 5.80. The van der Waals surface area contributed by atoms with Gasteiger partial charge in [-0.15, -0.1) is 0 Å². The van der Waals surface area contributed by atoms with Crippen molar-refractivity contribution >= 4 is 11.9 Å². The Morgan fingerprint density at radius 3 is 2.57 bits per heavy atom. The molecule has 1 aromatic carbocycles. The van der Waals surface area contributed by atoms with Crippen LogP contribution in [0.5, 0.6) is 5.75 Å². The maximum absolute atomic E-state index is 13.5. The summed E-state index contributed by atoms with van der Waals surface area (Å²) in [6.45, 7) is 1.72. The third kappa shape index (κ3) is 3.15. The molecule has 2 rings (SSSR count). The van der Waals surface area contributed by atoms with E-state index in [1.54, 1.807) is 13.0 Å². The number of nitrogens with one attached hydrogen (secondary N) is 1. The van der Waals surface area contributed by atoms with Crippen LogP contribution in [0.1, 0.15) is 32.6 Å². The second kappa shape index (κ2) is 6.11. The van der Waals surface area contributed by atoms with Gasteiger partial charge in [-0.1, -0.05) is 19.1 Å². The zero-order valence-corrected chi connectivity index (χ0v) is 11.8. The molecular formula is C15H18FNO4. The first-order valence-electron chi connectivity index (χ1n) is 6.95. The lowest BCUT2D eigenvalue weighted by Gasteiger charge is -2.39. The summed E-state index contributed by atoms with van der Waals surface area (Å²) in [7, 11) is 0. The molecular weight excluding hydrogens is 277 g/mol. The lowest BCUT2D eigenvalue weighted by Crippen LogP contribution is -2.61. The van der Waals surface area contributed by atoms with Crippen molar-refractivity contribution in [2.45, 2.75) is 44.2 Å². The molecule has 0 aromatic heterocycles. The van der Waals surface area contributed by atoms with Gasteiger partial charge in [-0.25, -0.2) is 9.18 Å². The van der Waals surface area contributed by atoms with Gasteiger partial charge in [0.1, 0.15) is 5.54 Å². The van der Waals surface area contributed by atoms with E-state index in [0.29, 0.717) is 19.3 Å². The Kier molecular flexibility index (Phi) is 4.45. The Hall–Kier alpha value is -2.11. The topological polar surface area (TPSA) is 75.6 Å². The van der Waals surface area contributed by atoms with E-state index in [0.717, 1.165) is 6.42 Å². The van der Waals surface area contributed by atoms with Gasteiger partial charge in [0.05, 0.1) is 0 Å². The summed E-state index contributed by atoms with van der Waals surface area (Å²) < 4.78 is 18.9. The minimum atomic E-state index is -1.19. The van der Waals surface area contributed by atoms with Crippen molar-refractivity contribution in [1.29, 1.82) is 0 Å². The summed E-state index contributed by atoms with van der Waals surface area (Å²) in [6.07, 6.45) is 0.973. The zero-order chi connectivity index (χ0) is 15.5. The monoisotopic (exact) mass is 295 g/mol. The number of ether oxygens (including phenoxy) is 1. The molecule has 0 radical (unpaired) electrons. The Morgan fingerprint density at radius 2 is 2.10 bits per heavy atom. The van der Waals surface area contributed by atoms with E-state index in [1.807, 2.05) is 0 Å². The molecule has 1 unspecified atom stereocenters. The van der Waals surface area contributed by atoms with Crippen LogP contribution in [0.15, 0.2) is 24.3 Å². The van der Waals surface area contributed by atoms with E-state index in [-0.39, 0.29) is 5.75 Å². The summed E-state index contributed by atoms with van der Waals surface area (Å²) in [5, 5.41) is 11.7. The molecule has 6 heteroatoms. The number of benzene rings is 1. The first kappa shape index (κ1) is 15.3. The second-order valence-electron chi connectivity index (χ2n) is 5.18. The molecule has 1 aliphatic carbocycles. The van der Waals surface area contributed by atoms with Gasteiger partial charge in [-0.2, -0.15) is 0 Å². The van der Waals surface area contributed by atoms with Gasteiger partial charge in [0.25, 0.3) is 5.91 Å². The molecule has 1 aromatic rings. The summed E-state index contributed by atoms with van der Waals surface area (Å²) in [5.74, 6) is -2.14. The molecule has 0 spiro atoms. The first-order valence-corrected chi connectivity index (χ1v) is 6.95. The van der Waals surface area contributed by atoms with E-state index >= 15 is 0 Å². The molecule has 0 heterocycles. The van der Waals surface area contributed by atoms with E-state index in [9.17, 15) is 19.1 Å². The number of carbonyl (C=O) groups is 2. The molecule has 0 bridgehead atoms. The molecule has 114 valence electrons. The highest BCUT2D eigenvalue weighted by molar-refractivity contribution is 5.90. The predicted molar refractivity (Wildman–Crippen MR) is 73.5 cm³/mol. The Balaban J connectivity index is 2.05. The number of amides is 1. The molecule has 0 saturated heterocycles. The fraction of sp³-hybridized carbons (Fsp3) is 0.467. The van der Waals surface area contributed by atoms with E-state index < -0.39 is 29.3 Å². The van der Waals surface area contributed by atoms with Gasteiger partial charge in [0.15, 0.2) is 17.7 Å². The molecule has 1 aliphatic rings. The number of carboxylic acid groups (broad SMARTS) is 1. The van der Waals surface area contributed by atoms with Gasteiger partial charge in [-0.3, -0.25) is 4.79 Å². The smallest absolute Gasteiger partial charge is 0.329 e. The Morgan fingerprint density at radius 1 is 1.43 bits per heavy atom. The third-order valence-electron chi connectivity index (χ3n) is 3.75. The molecule has 5 nitrogen and oxygen atoms in total. The van der Waals surface area contributed by atoms with Gasteiger partial charge in [0, 0.05) is 0 Å². The summed E-state index contributed by atoms with van der Waals surface area (Å²) >= 11 is 0. The van der Waals surface area contributed by atoms with Crippen LogP contribution in [0.4, 0.5) is 4.39 Å². The highest BCUT2D eigenvalue weighted by Crippen LogP contribution is 2.32. The van der Waals surface area contributed by atoms with Crippen LogP contribution in [0.3, 0.4) is 0 Å². The van der Waals surface area contributed by atoms with Crippen LogP contribution < -0.4 is 10.1 Å². The average Bonchev–Trinajstić information content (AvgIpc) is 2.41. The molecule has 2 N–H and O–H groups in total. The standard InChI is InChI=1S/C15H18FNO4/c1-2-11(21-12-7-4-3-6-10(12)16)13(18)17-15(14(19)20)8-5-9-15/h3-4,6-7,11H,2,5,8-9H2,1H3,(H,17,18)(H,19,20). The first-order chi connectivity index (χ1) is 9.98. The number of rotatable bonds is 6. The van der Waals surface area contributed by atoms with Crippen LogP contribution in [0.2, 0.25) is 0 Å². The summed E-state index contributed by atoms with van der Waals surface area (Å²) in [5.41, 5.74) is -1.19. The van der Waals surface area contributed by atoms with Crippen molar-refractivity contribution in [1.82, 2.24) is 5.32 Å². The number of hydrogen-bond acceptors (Lipinski definition) is 3. The van der Waals surface area contributed by atoms with Crippen LogP contribution >= 0.6 is 0 Å². The lowest BCUT2D eigenvalue weighted by molar-refractivity contribution is -0.153. The van der Waals surface area contributed by atoms with Crippen LogP contribution in [0.25, 0.3) is 0 Å². The number of halogens is 1. The SMILES string of the molecule is CCC(Oc1ccccc1F)C(=O)NC1(C(=O)O)CCC1. The van der Waals surface area contributed by atoms with Crippen molar-refractivity contribution in [3.63, 3.8) is 0 Å².